The van der Waals surface area contributed by atoms with E-state index in [-0.39, 0.29) is 0 Å². The van der Waals surface area contributed by atoms with Gasteiger partial charge >= 0.3 is 0 Å². The zero-order chi connectivity index (χ0) is 20.8. The molecule has 0 spiro atoms. The van der Waals surface area contributed by atoms with Crippen LogP contribution < -0.4 is 15.6 Å². The van der Waals surface area contributed by atoms with Crippen LogP contribution in [0.25, 0.3) is 0 Å². The van der Waals surface area contributed by atoms with E-state index in [1.807, 2.05) is 55.5 Å². The molecule has 3 aromatic rings. The first kappa shape index (κ1) is 19.8. The molecule has 0 radical (unpaired) electrons. The maximum atomic E-state index is 5.45. The number of anilines is 4. The second-order valence-electron chi connectivity index (χ2n) is 7.16. The van der Waals surface area contributed by atoms with E-state index in [4.69, 9.17) is 4.74 Å². The van der Waals surface area contributed by atoms with E-state index in [0.29, 0.717) is 31.1 Å². The number of aromatic nitrogens is 3. The van der Waals surface area contributed by atoms with Crippen molar-refractivity contribution in [2.24, 2.45) is 5.10 Å². The molecule has 2 aromatic carbocycles. The van der Waals surface area contributed by atoms with E-state index in [2.05, 4.69) is 42.6 Å². The normalized spacial score (nSPS) is 14.1. The summed E-state index contributed by atoms with van der Waals surface area (Å²) in [5, 5.41) is 7.56. The maximum Gasteiger partial charge on any atom is 0.250 e. The van der Waals surface area contributed by atoms with Gasteiger partial charge in [0, 0.05) is 18.8 Å². The number of hydrogen-bond acceptors (Lipinski definition) is 8. The van der Waals surface area contributed by atoms with Gasteiger partial charge in [-0.05, 0) is 37.1 Å². The van der Waals surface area contributed by atoms with E-state index in [0.717, 1.165) is 29.9 Å². The molecule has 1 saturated heterocycles. The topological polar surface area (TPSA) is 87.6 Å². The quantitative estimate of drug-likeness (QED) is 0.481. The van der Waals surface area contributed by atoms with Crippen molar-refractivity contribution in [2.45, 2.75) is 13.8 Å². The largest absolute Gasteiger partial charge is 0.378 e. The minimum Gasteiger partial charge on any atom is -0.378 e. The van der Waals surface area contributed by atoms with Crippen LogP contribution in [0.3, 0.4) is 0 Å². The number of ether oxygens (including phenoxy) is 1. The highest BCUT2D eigenvalue weighted by atomic mass is 16.5. The summed E-state index contributed by atoms with van der Waals surface area (Å²) in [4.78, 5) is 15.7. The van der Waals surface area contributed by atoms with E-state index in [9.17, 15) is 0 Å². The van der Waals surface area contributed by atoms with E-state index >= 15 is 0 Å². The smallest absolute Gasteiger partial charge is 0.250 e. The van der Waals surface area contributed by atoms with Gasteiger partial charge in [0.15, 0.2) is 0 Å². The van der Waals surface area contributed by atoms with Gasteiger partial charge in [-0.3, -0.25) is 0 Å². The van der Waals surface area contributed by atoms with Crippen LogP contribution in [0.4, 0.5) is 23.5 Å². The van der Waals surface area contributed by atoms with Crippen LogP contribution in [-0.4, -0.2) is 47.5 Å². The molecule has 1 fully saturated rings. The third-order valence-electron chi connectivity index (χ3n) is 4.65. The molecule has 1 aromatic heterocycles. The first-order chi connectivity index (χ1) is 14.7. The Balaban J connectivity index is 1.56. The monoisotopic (exact) mass is 403 g/mol. The maximum absolute atomic E-state index is 5.45. The Morgan fingerprint density at radius 3 is 2.47 bits per heavy atom. The van der Waals surface area contributed by atoms with Crippen molar-refractivity contribution in [2.75, 3.05) is 41.9 Å². The molecule has 1 aliphatic heterocycles. The van der Waals surface area contributed by atoms with Crippen LogP contribution in [0.1, 0.15) is 16.7 Å². The summed E-state index contributed by atoms with van der Waals surface area (Å²) in [6, 6.07) is 16.2. The Bertz CT molecular complexity index is 1010. The molecule has 0 atom stereocenters. The number of hydrazone groups is 1. The lowest BCUT2D eigenvalue weighted by molar-refractivity contribution is 0.122. The fraction of sp³-hybridized carbons (Fsp3) is 0.273. The molecule has 0 amide bonds. The first-order valence-corrected chi connectivity index (χ1v) is 9.94. The number of nitrogens with zero attached hydrogens (tertiary/aromatic N) is 5. The Hall–Kier alpha value is -3.52. The molecule has 0 unspecified atom stereocenters. The molecule has 0 aliphatic carbocycles. The molecule has 0 bridgehead atoms. The molecular formula is C22H25N7O. The molecule has 2 heterocycles. The molecule has 30 heavy (non-hydrogen) atoms. The summed E-state index contributed by atoms with van der Waals surface area (Å²) < 4.78 is 5.45. The summed E-state index contributed by atoms with van der Waals surface area (Å²) in [5.41, 5.74) is 7.21. The van der Waals surface area contributed by atoms with Gasteiger partial charge in [0.05, 0.1) is 19.4 Å². The van der Waals surface area contributed by atoms with Crippen LogP contribution in [0.15, 0.2) is 53.6 Å². The number of nitrogens with one attached hydrogen (secondary N) is 2. The summed E-state index contributed by atoms with van der Waals surface area (Å²) in [6.07, 6.45) is 1.74. The van der Waals surface area contributed by atoms with Crippen LogP contribution >= 0.6 is 0 Å². The minimum absolute atomic E-state index is 0.380. The lowest BCUT2D eigenvalue weighted by Gasteiger charge is -2.27. The SMILES string of the molecule is Cc1ccc(/C=N/Nc2nc(Nc3cccc(C)c3)nc(N3CCOCC3)n2)cc1. The van der Waals surface area contributed by atoms with Crippen molar-refractivity contribution in [1.29, 1.82) is 0 Å². The van der Waals surface area contributed by atoms with E-state index < -0.39 is 0 Å². The van der Waals surface area contributed by atoms with Crippen LogP contribution in [-0.2, 0) is 4.74 Å². The Labute approximate surface area is 176 Å². The van der Waals surface area contributed by atoms with Gasteiger partial charge in [-0.1, -0.05) is 42.0 Å². The summed E-state index contributed by atoms with van der Waals surface area (Å²) in [6.45, 7) is 6.88. The molecule has 4 rings (SSSR count). The fourth-order valence-corrected chi connectivity index (χ4v) is 3.04. The lowest BCUT2D eigenvalue weighted by Crippen LogP contribution is -2.37. The second-order valence-corrected chi connectivity index (χ2v) is 7.16. The first-order valence-electron chi connectivity index (χ1n) is 9.94. The molecular weight excluding hydrogens is 378 g/mol. The molecule has 0 saturated carbocycles. The third kappa shape index (κ3) is 5.30. The fourth-order valence-electron chi connectivity index (χ4n) is 3.04. The standard InChI is InChI=1S/C22H25N7O/c1-16-6-8-18(9-7-16)15-23-28-21-25-20(24-19-5-3-4-17(2)14-19)26-22(27-21)29-10-12-30-13-11-29/h3-9,14-15H,10-13H2,1-2H3,(H2,24,25,26,27,28)/b23-15+. The van der Waals surface area contributed by atoms with Gasteiger partial charge in [-0.15, -0.1) is 0 Å². The predicted octanol–water partition coefficient (Wildman–Crippen LogP) is 3.51. The molecule has 1 aliphatic rings. The number of aryl methyl sites for hydroxylation is 2. The summed E-state index contributed by atoms with van der Waals surface area (Å²) in [7, 11) is 0. The number of rotatable bonds is 6. The van der Waals surface area contributed by atoms with Crippen molar-refractivity contribution in [3.05, 3.63) is 65.2 Å². The van der Waals surface area contributed by atoms with Crippen molar-refractivity contribution < 1.29 is 4.74 Å². The van der Waals surface area contributed by atoms with Gasteiger partial charge in [0.1, 0.15) is 0 Å². The zero-order valence-electron chi connectivity index (χ0n) is 17.2. The van der Waals surface area contributed by atoms with E-state index in [1.165, 1.54) is 5.56 Å². The molecule has 8 nitrogen and oxygen atoms in total. The second kappa shape index (κ2) is 9.32. The predicted molar refractivity (Wildman–Crippen MR) is 120 cm³/mol. The van der Waals surface area contributed by atoms with Gasteiger partial charge in [0.25, 0.3) is 0 Å². The minimum atomic E-state index is 0.380. The van der Waals surface area contributed by atoms with Crippen molar-refractivity contribution in [3.8, 4) is 0 Å². The van der Waals surface area contributed by atoms with Crippen LogP contribution in [0.2, 0.25) is 0 Å². The molecule has 2 N–H and O–H groups in total. The average molecular weight is 403 g/mol. The lowest BCUT2D eigenvalue weighted by atomic mass is 10.2. The van der Waals surface area contributed by atoms with Gasteiger partial charge in [-0.25, -0.2) is 5.43 Å². The van der Waals surface area contributed by atoms with E-state index in [1.54, 1.807) is 6.21 Å². The van der Waals surface area contributed by atoms with Crippen molar-refractivity contribution in [3.63, 3.8) is 0 Å². The third-order valence-corrected chi connectivity index (χ3v) is 4.65. The average Bonchev–Trinajstić information content (AvgIpc) is 2.76. The van der Waals surface area contributed by atoms with Gasteiger partial charge in [-0.2, -0.15) is 20.1 Å². The highest BCUT2D eigenvalue weighted by molar-refractivity contribution is 5.80. The van der Waals surface area contributed by atoms with Crippen molar-refractivity contribution >= 4 is 29.7 Å². The summed E-state index contributed by atoms with van der Waals surface area (Å²) in [5.74, 6) is 1.44. The summed E-state index contributed by atoms with van der Waals surface area (Å²) >= 11 is 0. The van der Waals surface area contributed by atoms with Gasteiger partial charge in [0.2, 0.25) is 17.8 Å². The zero-order valence-corrected chi connectivity index (χ0v) is 17.2. The molecule has 154 valence electrons. The highest BCUT2D eigenvalue weighted by Gasteiger charge is 2.16. The van der Waals surface area contributed by atoms with Crippen LogP contribution in [0, 0.1) is 13.8 Å². The number of benzene rings is 2. The van der Waals surface area contributed by atoms with Crippen LogP contribution in [0.5, 0.6) is 0 Å². The molecule has 8 heteroatoms. The highest BCUT2D eigenvalue weighted by Crippen LogP contribution is 2.19. The van der Waals surface area contributed by atoms with Crippen molar-refractivity contribution in [1.82, 2.24) is 15.0 Å². The number of morpholine rings is 1. The van der Waals surface area contributed by atoms with Gasteiger partial charge < -0.3 is 15.0 Å². The number of hydrogen-bond donors (Lipinski definition) is 2. The Kier molecular flexibility index (Phi) is 6.14. The Morgan fingerprint density at radius 2 is 1.70 bits per heavy atom. The Morgan fingerprint density at radius 1 is 0.933 bits per heavy atom.